The normalized spacial score (nSPS) is 14.3. The maximum Gasteiger partial charge on any atom is 0.261 e. The third-order valence-electron chi connectivity index (χ3n) is 5.97. The van der Waals surface area contributed by atoms with E-state index in [0.717, 1.165) is 11.3 Å². The van der Waals surface area contributed by atoms with Crippen LogP contribution in [0, 0.1) is 5.92 Å². The number of ether oxygens (including phenoxy) is 1. The molecule has 0 saturated heterocycles. The molecule has 0 bridgehead atoms. The fourth-order valence-electron chi connectivity index (χ4n) is 3.97. The van der Waals surface area contributed by atoms with Gasteiger partial charge in [0.05, 0.1) is 24.2 Å². The molecule has 0 aliphatic carbocycles. The van der Waals surface area contributed by atoms with Crippen LogP contribution in [0.25, 0.3) is 0 Å². The van der Waals surface area contributed by atoms with E-state index in [0.29, 0.717) is 30.1 Å². The highest BCUT2D eigenvalue weighted by atomic mass is 32.2. The van der Waals surface area contributed by atoms with Gasteiger partial charge in [0.25, 0.3) is 5.91 Å². The predicted octanol–water partition coefficient (Wildman–Crippen LogP) is 4.60. The van der Waals surface area contributed by atoms with Gasteiger partial charge in [0.1, 0.15) is 17.6 Å². The zero-order valence-corrected chi connectivity index (χ0v) is 23.0. The summed E-state index contributed by atoms with van der Waals surface area (Å²) in [7, 11) is 0. The van der Waals surface area contributed by atoms with Gasteiger partial charge in [-0.25, -0.2) is 0 Å². The van der Waals surface area contributed by atoms with E-state index in [1.807, 2.05) is 74.5 Å². The minimum Gasteiger partial charge on any atom is -0.481 e. The molecular weight excluding hydrogens is 500 g/mol. The lowest BCUT2D eigenvalue weighted by molar-refractivity contribution is -0.133. The molecule has 2 aromatic carbocycles. The molecular formula is C30H38N2O5S. The van der Waals surface area contributed by atoms with Crippen LogP contribution >= 0.6 is 11.8 Å². The van der Waals surface area contributed by atoms with Crippen LogP contribution in [0.1, 0.15) is 38.5 Å². The number of carbonyl (C=O) groups is 2. The first-order chi connectivity index (χ1) is 18.3. The maximum atomic E-state index is 13.5. The Morgan fingerprint density at radius 2 is 1.61 bits per heavy atom. The van der Waals surface area contributed by atoms with E-state index in [-0.39, 0.29) is 17.7 Å². The summed E-state index contributed by atoms with van der Waals surface area (Å²) in [5, 5.41) is 17.0. The van der Waals surface area contributed by atoms with Gasteiger partial charge in [-0.15, -0.1) is 0 Å². The van der Waals surface area contributed by atoms with Crippen molar-refractivity contribution in [2.45, 2.75) is 63.7 Å². The molecule has 1 heterocycles. The molecule has 4 unspecified atom stereocenters. The van der Waals surface area contributed by atoms with Crippen LogP contribution in [0.15, 0.2) is 83.5 Å². The molecule has 2 amide bonds. The maximum absolute atomic E-state index is 13.5. The molecule has 8 heteroatoms. The van der Waals surface area contributed by atoms with E-state index < -0.39 is 24.3 Å². The van der Waals surface area contributed by atoms with Crippen molar-refractivity contribution in [3.05, 3.63) is 90.4 Å². The summed E-state index contributed by atoms with van der Waals surface area (Å²) < 4.78 is 11.1. The standard InChI is InChI=1S/C30H38N2O5S/c1-21(2)17-27(32-29(34)22(3)37-24-13-8-5-9-14-24)30(35)31-26(18-23-11-6-4-7-12-23)28(33)20-38-19-25-15-10-16-36-25/h4-16,21-22,26-28,33H,17-20H2,1-3H3,(H,31,35)(H,32,34). The summed E-state index contributed by atoms with van der Waals surface area (Å²) in [6.45, 7) is 5.65. The molecule has 3 aromatic rings. The smallest absolute Gasteiger partial charge is 0.261 e. The molecule has 0 saturated carbocycles. The van der Waals surface area contributed by atoms with Gasteiger partial charge in [0.15, 0.2) is 6.10 Å². The molecule has 0 aliphatic rings. The van der Waals surface area contributed by atoms with Crippen LogP contribution in [-0.4, -0.2) is 47.0 Å². The van der Waals surface area contributed by atoms with Crippen molar-refractivity contribution in [3.63, 3.8) is 0 Å². The first-order valence-electron chi connectivity index (χ1n) is 13.0. The summed E-state index contributed by atoms with van der Waals surface area (Å²) >= 11 is 1.54. The third kappa shape index (κ3) is 9.91. The van der Waals surface area contributed by atoms with E-state index in [1.165, 1.54) is 11.8 Å². The van der Waals surface area contributed by atoms with Gasteiger partial charge < -0.3 is 24.9 Å². The van der Waals surface area contributed by atoms with Crippen molar-refractivity contribution in [1.29, 1.82) is 0 Å². The Morgan fingerprint density at radius 1 is 0.921 bits per heavy atom. The number of benzene rings is 2. The average molecular weight is 539 g/mol. The molecule has 0 aliphatic heterocycles. The van der Waals surface area contributed by atoms with Gasteiger partial charge in [-0.1, -0.05) is 62.4 Å². The molecule has 0 fully saturated rings. The van der Waals surface area contributed by atoms with Crippen molar-refractivity contribution in [1.82, 2.24) is 10.6 Å². The highest BCUT2D eigenvalue weighted by molar-refractivity contribution is 7.98. The molecule has 204 valence electrons. The predicted molar refractivity (Wildman–Crippen MR) is 151 cm³/mol. The van der Waals surface area contributed by atoms with Crippen molar-refractivity contribution in [2.24, 2.45) is 5.92 Å². The molecule has 0 radical (unpaired) electrons. The van der Waals surface area contributed by atoms with Crippen molar-refractivity contribution in [2.75, 3.05) is 5.75 Å². The second-order valence-corrected chi connectivity index (χ2v) is 10.8. The lowest BCUT2D eigenvalue weighted by Crippen LogP contribution is -2.55. The number of thioether (sulfide) groups is 1. The number of rotatable bonds is 15. The van der Waals surface area contributed by atoms with Crippen LogP contribution in [0.2, 0.25) is 0 Å². The van der Waals surface area contributed by atoms with E-state index in [9.17, 15) is 14.7 Å². The van der Waals surface area contributed by atoms with Gasteiger partial charge in [-0.05, 0) is 55.5 Å². The topological polar surface area (TPSA) is 101 Å². The van der Waals surface area contributed by atoms with Crippen LogP contribution in [-0.2, 0) is 21.8 Å². The number of furan rings is 1. The lowest BCUT2D eigenvalue weighted by atomic mass is 9.99. The Labute approximate surface area is 229 Å². The zero-order valence-electron chi connectivity index (χ0n) is 22.2. The second-order valence-electron chi connectivity index (χ2n) is 9.73. The molecule has 3 N–H and O–H groups in total. The number of aliphatic hydroxyl groups excluding tert-OH is 1. The Bertz CT molecular complexity index is 1090. The Balaban J connectivity index is 1.66. The highest BCUT2D eigenvalue weighted by Crippen LogP contribution is 2.17. The van der Waals surface area contributed by atoms with Gasteiger partial charge in [0.2, 0.25) is 5.91 Å². The second kappa shape index (κ2) is 15.2. The van der Waals surface area contributed by atoms with Crippen molar-refractivity contribution < 1.29 is 23.8 Å². The minimum absolute atomic E-state index is 0.165. The number of aliphatic hydroxyl groups is 1. The van der Waals surface area contributed by atoms with E-state index >= 15 is 0 Å². The highest BCUT2D eigenvalue weighted by Gasteiger charge is 2.29. The number of nitrogens with one attached hydrogen (secondary N) is 2. The van der Waals surface area contributed by atoms with E-state index in [4.69, 9.17) is 9.15 Å². The fraction of sp³-hybridized carbons (Fsp3) is 0.400. The first kappa shape index (κ1) is 29.3. The first-order valence-corrected chi connectivity index (χ1v) is 14.1. The van der Waals surface area contributed by atoms with Crippen LogP contribution < -0.4 is 15.4 Å². The fourth-order valence-corrected chi connectivity index (χ4v) is 4.93. The van der Waals surface area contributed by atoms with Gasteiger partial charge in [0, 0.05) is 5.75 Å². The number of hydrogen-bond acceptors (Lipinski definition) is 6. The molecule has 7 nitrogen and oxygen atoms in total. The average Bonchev–Trinajstić information content (AvgIpc) is 3.42. The van der Waals surface area contributed by atoms with E-state index in [1.54, 1.807) is 25.3 Å². The summed E-state index contributed by atoms with van der Waals surface area (Å²) in [4.78, 5) is 26.4. The van der Waals surface area contributed by atoms with Crippen LogP contribution in [0.5, 0.6) is 5.75 Å². The SMILES string of the molecule is CC(C)CC(NC(=O)C(C)Oc1ccccc1)C(=O)NC(Cc1ccccc1)C(O)CSCc1ccco1. The summed E-state index contributed by atoms with van der Waals surface area (Å²) in [6.07, 6.45) is 0.972. The van der Waals surface area contributed by atoms with Gasteiger partial charge >= 0.3 is 0 Å². The molecule has 4 atom stereocenters. The Morgan fingerprint density at radius 3 is 2.24 bits per heavy atom. The van der Waals surface area contributed by atoms with Gasteiger partial charge in [-0.3, -0.25) is 9.59 Å². The van der Waals surface area contributed by atoms with Crippen molar-refractivity contribution >= 4 is 23.6 Å². The number of carbonyl (C=O) groups excluding carboxylic acids is 2. The largest absolute Gasteiger partial charge is 0.481 e. The van der Waals surface area contributed by atoms with Crippen LogP contribution in [0.3, 0.4) is 0 Å². The van der Waals surface area contributed by atoms with Gasteiger partial charge in [-0.2, -0.15) is 11.8 Å². The minimum atomic E-state index is -0.796. The number of para-hydroxylation sites is 1. The summed E-state index contributed by atoms with van der Waals surface area (Å²) in [5.74, 6) is 1.93. The molecule has 38 heavy (non-hydrogen) atoms. The molecule has 1 aromatic heterocycles. The summed E-state index contributed by atoms with van der Waals surface area (Å²) in [6, 6.07) is 21.3. The number of amides is 2. The number of hydrogen-bond donors (Lipinski definition) is 3. The quantitative estimate of drug-likeness (QED) is 0.262. The third-order valence-corrected chi connectivity index (χ3v) is 7.03. The van der Waals surface area contributed by atoms with Crippen LogP contribution in [0.4, 0.5) is 0 Å². The van der Waals surface area contributed by atoms with E-state index in [2.05, 4.69) is 10.6 Å². The molecule has 0 spiro atoms. The van der Waals surface area contributed by atoms with Crippen molar-refractivity contribution in [3.8, 4) is 5.75 Å². The summed E-state index contributed by atoms with van der Waals surface area (Å²) in [5.41, 5.74) is 1.00. The Kier molecular flexibility index (Phi) is 11.8. The molecule has 3 rings (SSSR count). The Hall–Kier alpha value is -3.23. The zero-order chi connectivity index (χ0) is 27.3. The monoisotopic (exact) mass is 538 g/mol. The lowest BCUT2D eigenvalue weighted by Gasteiger charge is -2.28.